The average Bonchev–Trinajstić information content (AvgIpc) is 3.58. The van der Waals surface area contributed by atoms with Crippen molar-refractivity contribution in [3.8, 4) is 5.69 Å². The van der Waals surface area contributed by atoms with Gasteiger partial charge in [0.05, 0.1) is 28.6 Å². The molecule has 0 spiro atoms. The molecule has 4 aromatic heterocycles. The molecule has 2 saturated carbocycles. The van der Waals surface area contributed by atoms with Crippen LogP contribution in [0.25, 0.3) is 11.8 Å². The van der Waals surface area contributed by atoms with Gasteiger partial charge in [0.25, 0.3) is 15.2 Å². The Labute approximate surface area is 254 Å². The molecular weight excluding hydrogens is 616 g/mol. The molecule has 11 nitrogen and oxygen atoms in total. The van der Waals surface area contributed by atoms with Crippen LogP contribution in [0.3, 0.4) is 0 Å². The second kappa shape index (κ2) is 10.4. The lowest BCUT2D eigenvalue weighted by atomic mass is 9.60. The number of hydrogen-bond acceptors (Lipinski definition) is 8. The number of aromatic nitrogens is 7. The van der Waals surface area contributed by atoms with Gasteiger partial charge in [0, 0.05) is 37.6 Å². The molecule has 0 saturated heterocycles. The van der Waals surface area contributed by atoms with Gasteiger partial charge in [0.2, 0.25) is 5.95 Å². The van der Waals surface area contributed by atoms with E-state index in [4.69, 9.17) is 0 Å². The predicted molar refractivity (Wildman–Crippen MR) is 150 cm³/mol. The molecule has 2 atom stereocenters. The summed E-state index contributed by atoms with van der Waals surface area (Å²) in [5, 5.41) is 8.10. The average molecular weight is 643 g/mol. The minimum absolute atomic E-state index is 0.00661. The van der Waals surface area contributed by atoms with Gasteiger partial charge in [-0.05, 0) is 68.4 Å². The molecule has 4 heterocycles. The Balaban J connectivity index is 1.34. The third kappa shape index (κ3) is 5.05. The van der Waals surface area contributed by atoms with E-state index >= 15 is 0 Å². The van der Waals surface area contributed by atoms with Crippen LogP contribution in [-0.4, -0.2) is 65.1 Å². The Bertz CT molecular complexity index is 1970. The van der Waals surface area contributed by atoms with Crippen molar-refractivity contribution in [1.82, 2.24) is 38.8 Å². The number of carbonyl (C=O) groups is 1. The van der Waals surface area contributed by atoms with Crippen LogP contribution in [0.4, 0.5) is 17.6 Å². The molecule has 3 aliphatic rings. The van der Waals surface area contributed by atoms with Gasteiger partial charge in [0.15, 0.2) is 5.78 Å². The highest BCUT2D eigenvalue weighted by molar-refractivity contribution is 7.89. The van der Waals surface area contributed by atoms with Crippen molar-refractivity contribution in [2.45, 2.75) is 61.9 Å². The third-order valence-electron chi connectivity index (χ3n) is 8.70. The van der Waals surface area contributed by atoms with E-state index in [1.807, 2.05) is 0 Å². The van der Waals surface area contributed by atoms with Gasteiger partial charge < -0.3 is 0 Å². The summed E-state index contributed by atoms with van der Waals surface area (Å²) in [4.78, 5) is 26.1. The number of ketones is 1. The largest absolute Gasteiger partial charge is 0.416 e. The molecule has 0 bridgehead atoms. The monoisotopic (exact) mass is 642 g/mol. The van der Waals surface area contributed by atoms with Gasteiger partial charge in [-0.25, -0.2) is 23.1 Å². The zero-order chi connectivity index (χ0) is 31.7. The molecule has 2 fully saturated rings. The van der Waals surface area contributed by atoms with E-state index in [0.29, 0.717) is 41.8 Å². The number of hydrogen-bond donors (Lipinski definition) is 0. The quantitative estimate of drug-likeness (QED) is 0.167. The lowest BCUT2D eigenvalue weighted by Gasteiger charge is -2.46. The van der Waals surface area contributed by atoms with E-state index in [-0.39, 0.29) is 36.2 Å². The van der Waals surface area contributed by atoms with E-state index in [2.05, 4.69) is 25.1 Å². The second-order valence-electron chi connectivity index (χ2n) is 11.7. The summed E-state index contributed by atoms with van der Waals surface area (Å²) in [6, 6.07) is 3.36. The fourth-order valence-corrected chi connectivity index (χ4v) is 8.34. The zero-order valence-electron chi connectivity index (χ0n) is 23.8. The lowest BCUT2D eigenvalue weighted by Crippen LogP contribution is -2.51. The SMILES string of the molecule is Cn1cnc(S(=O)(=O)N(C2CC2)[C@H]2CCC3=Cc4c(cnn4-c4ccnc(F)c4)C[C@]3(C(=O)c3cc(C(F)(F)F)ccn3)C2)n1. The number of allylic oxidation sites excluding steroid dienone is 1. The maximum atomic E-state index is 14.5. The first-order chi connectivity index (χ1) is 21.4. The van der Waals surface area contributed by atoms with E-state index in [0.717, 1.165) is 18.3 Å². The maximum Gasteiger partial charge on any atom is 0.416 e. The molecule has 3 aliphatic carbocycles. The van der Waals surface area contributed by atoms with E-state index in [1.165, 1.54) is 38.5 Å². The highest BCUT2D eigenvalue weighted by Gasteiger charge is 2.54. The van der Waals surface area contributed by atoms with Crippen LogP contribution in [0.1, 0.15) is 59.4 Å². The zero-order valence-corrected chi connectivity index (χ0v) is 24.6. The molecule has 16 heteroatoms. The Morgan fingerprint density at radius 3 is 2.53 bits per heavy atom. The molecule has 7 rings (SSSR count). The molecule has 0 aromatic carbocycles. The summed E-state index contributed by atoms with van der Waals surface area (Å²) in [5.74, 6) is -1.34. The summed E-state index contributed by atoms with van der Waals surface area (Å²) >= 11 is 0. The fraction of sp³-hybridized carbons (Fsp3) is 0.379. The van der Waals surface area contributed by atoms with Crippen molar-refractivity contribution in [3.05, 3.63) is 83.2 Å². The Hall–Kier alpha value is -4.31. The van der Waals surface area contributed by atoms with Crippen LogP contribution in [0, 0.1) is 11.4 Å². The number of carbonyl (C=O) groups excluding carboxylic acids is 1. The van der Waals surface area contributed by atoms with Crippen LogP contribution in [0.2, 0.25) is 0 Å². The van der Waals surface area contributed by atoms with E-state index in [9.17, 15) is 30.8 Å². The highest BCUT2D eigenvalue weighted by atomic mass is 32.2. The standard InChI is InChI=1S/C29H26F4N8O3S/c1-39-16-36-27(38-39)45(43,44)41(20-4-5-20)22-3-2-18-11-24-17(15-37-40(24)21-7-9-35-25(30)12-21)13-28(18,14-22)26(42)23-10-19(6-8-34-23)29(31,32)33/h6-12,15-16,20,22H,2-5,13-14H2,1H3/t22-,28-/m0/s1. The van der Waals surface area contributed by atoms with Crippen molar-refractivity contribution in [2.24, 2.45) is 12.5 Å². The normalized spacial score (nSPS) is 21.7. The summed E-state index contributed by atoms with van der Waals surface area (Å²) < 4.78 is 86.9. The van der Waals surface area contributed by atoms with Gasteiger partial charge in [-0.1, -0.05) is 5.57 Å². The molecule has 4 aromatic rings. The Kier molecular flexibility index (Phi) is 6.78. The van der Waals surface area contributed by atoms with E-state index in [1.54, 1.807) is 19.2 Å². The Morgan fingerprint density at radius 2 is 1.84 bits per heavy atom. The second-order valence-corrected chi connectivity index (χ2v) is 13.4. The summed E-state index contributed by atoms with van der Waals surface area (Å²) in [5.41, 5.74) is -0.566. The Morgan fingerprint density at radius 1 is 1.07 bits per heavy atom. The van der Waals surface area contributed by atoms with Gasteiger partial charge in [0.1, 0.15) is 12.0 Å². The van der Waals surface area contributed by atoms with Crippen LogP contribution in [-0.2, 0) is 29.7 Å². The number of fused-ring (bicyclic) bond motifs is 2. The van der Waals surface area contributed by atoms with Gasteiger partial charge in [-0.2, -0.15) is 27.0 Å². The van der Waals surface area contributed by atoms with Crippen LogP contribution in [0.15, 0.2) is 59.9 Å². The number of pyridine rings is 2. The van der Waals surface area contributed by atoms with Crippen molar-refractivity contribution >= 4 is 21.9 Å². The first kappa shape index (κ1) is 29.4. The molecule has 0 N–H and O–H groups in total. The lowest BCUT2D eigenvalue weighted by molar-refractivity contribution is -0.137. The van der Waals surface area contributed by atoms with Crippen LogP contribution < -0.4 is 0 Å². The molecule has 0 unspecified atom stereocenters. The van der Waals surface area contributed by atoms with E-state index < -0.39 is 45.0 Å². The molecule has 0 radical (unpaired) electrons. The summed E-state index contributed by atoms with van der Waals surface area (Å²) in [6.45, 7) is 0. The van der Waals surface area contributed by atoms with Crippen LogP contribution >= 0.6 is 0 Å². The summed E-state index contributed by atoms with van der Waals surface area (Å²) in [6.07, 6.45) is 4.07. The third-order valence-corrected chi connectivity index (χ3v) is 10.5. The predicted octanol–water partition coefficient (Wildman–Crippen LogP) is 4.16. The number of Topliss-reactive ketones (excluding diaryl/α,β-unsaturated/α-hetero) is 1. The minimum atomic E-state index is -4.70. The highest BCUT2D eigenvalue weighted by Crippen LogP contribution is 2.52. The first-order valence-electron chi connectivity index (χ1n) is 14.2. The fourth-order valence-electron chi connectivity index (χ4n) is 6.56. The number of sulfonamides is 1. The van der Waals surface area contributed by atoms with Crippen molar-refractivity contribution < 1.29 is 30.8 Å². The number of halogens is 4. The van der Waals surface area contributed by atoms with Gasteiger partial charge in [-0.15, -0.1) is 5.10 Å². The maximum absolute atomic E-state index is 14.5. The van der Waals surface area contributed by atoms with Gasteiger partial charge >= 0.3 is 6.18 Å². The molecule has 234 valence electrons. The molecule has 0 aliphatic heterocycles. The van der Waals surface area contributed by atoms with Gasteiger partial charge in [-0.3, -0.25) is 14.5 Å². The van der Waals surface area contributed by atoms with Crippen molar-refractivity contribution in [1.29, 1.82) is 0 Å². The molecular formula is C29H26F4N8O3S. The topological polar surface area (TPSA) is 129 Å². The number of aryl methyl sites for hydroxylation is 1. The number of nitrogens with zero attached hydrogens (tertiary/aromatic N) is 8. The molecule has 45 heavy (non-hydrogen) atoms. The summed E-state index contributed by atoms with van der Waals surface area (Å²) in [7, 11) is -2.60. The molecule has 0 amide bonds. The van der Waals surface area contributed by atoms with Crippen LogP contribution in [0.5, 0.6) is 0 Å². The first-order valence-corrected chi connectivity index (χ1v) is 15.7. The van der Waals surface area contributed by atoms with Crippen molar-refractivity contribution in [3.63, 3.8) is 0 Å². The van der Waals surface area contributed by atoms with Crippen molar-refractivity contribution in [2.75, 3.05) is 0 Å². The smallest absolute Gasteiger partial charge is 0.291 e. The number of alkyl halides is 3. The minimum Gasteiger partial charge on any atom is -0.291 e. The number of rotatable bonds is 7.